The van der Waals surface area contributed by atoms with E-state index >= 15 is 0 Å². The van der Waals surface area contributed by atoms with Crippen molar-refractivity contribution in [3.05, 3.63) is 78.5 Å². The van der Waals surface area contributed by atoms with E-state index in [4.69, 9.17) is 4.42 Å². The second-order valence-electron chi connectivity index (χ2n) is 6.94. The summed E-state index contributed by atoms with van der Waals surface area (Å²) >= 11 is 0. The van der Waals surface area contributed by atoms with Crippen molar-refractivity contribution < 1.29 is 17.6 Å². The largest absolute Gasteiger partial charge is 0.472 e. The molecule has 1 unspecified atom stereocenters. The summed E-state index contributed by atoms with van der Waals surface area (Å²) < 4.78 is 29.1. The molecule has 1 fully saturated rings. The zero-order chi connectivity index (χ0) is 19.6. The van der Waals surface area contributed by atoms with Crippen molar-refractivity contribution in [1.82, 2.24) is 9.88 Å². The van der Waals surface area contributed by atoms with Crippen molar-refractivity contribution in [3.8, 4) is 11.1 Å². The molecular formula is C21H20N2O4S. The van der Waals surface area contributed by atoms with Crippen molar-refractivity contribution in [3.63, 3.8) is 0 Å². The Morgan fingerprint density at radius 1 is 1.18 bits per heavy atom. The van der Waals surface area contributed by atoms with Crippen molar-refractivity contribution in [2.24, 2.45) is 0 Å². The number of carbonyl (C=O) groups is 1. The number of nitrogens with zero attached hydrogens (tertiary/aromatic N) is 2. The summed E-state index contributed by atoms with van der Waals surface area (Å²) in [6, 6.07) is 12.5. The summed E-state index contributed by atoms with van der Waals surface area (Å²) in [6.45, 7) is 0.322. The fraction of sp³-hybridized carbons (Fsp3) is 0.238. The third-order valence-electron chi connectivity index (χ3n) is 4.95. The predicted octanol–water partition coefficient (Wildman–Crippen LogP) is 3.17. The lowest BCUT2D eigenvalue weighted by atomic mass is 10.0. The van der Waals surface area contributed by atoms with Gasteiger partial charge in [0.15, 0.2) is 9.84 Å². The standard InChI is InChI=1S/C21H20N2O4S/c24-21(18-5-1-4-17(11-18)19-6-9-27-14-19)23(13-16-3-2-8-22-12-16)20-7-10-28(25,26)15-20/h1-6,8-9,11-12,14,20H,7,10,13,15H2. The van der Waals surface area contributed by atoms with Crippen LogP contribution in [0.1, 0.15) is 22.3 Å². The summed E-state index contributed by atoms with van der Waals surface area (Å²) in [7, 11) is -3.11. The molecule has 4 rings (SSSR count). The number of carbonyl (C=O) groups excluding carboxylic acids is 1. The van der Waals surface area contributed by atoms with Gasteiger partial charge in [0.05, 0.1) is 24.0 Å². The Kier molecular flexibility index (Phi) is 5.00. The van der Waals surface area contributed by atoms with Gasteiger partial charge in [0, 0.05) is 36.1 Å². The first-order valence-corrected chi connectivity index (χ1v) is 10.9. The van der Waals surface area contributed by atoms with Gasteiger partial charge in [0.2, 0.25) is 0 Å². The van der Waals surface area contributed by atoms with E-state index < -0.39 is 9.84 Å². The van der Waals surface area contributed by atoms with E-state index in [9.17, 15) is 13.2 Å². The minimum absolute atomic E-state index is 0.000420. The van der Waals surface area contributed by atoms with Gasteiger partial charge in [0.1, 0.15) is 0 Å². The average molecular weight is 396 g/mol. The summed E-state index contributed by atoms with van der Waals surface area (Å²) in [5.41, 5.74) is 3.15. The molecule has 6 nitrogen and oxygen atoms in total. The summed E-state index contributed by atoms with van der Waals surface area (Å²) in [5, 5.41) is 0. The van der Waals surface area contributed by atoms with E-state index in [1.165, 1.54) is 0 Å². The first-order chi connectivity index (χ1) is 13.5. The van der Waals surface area contributed by atoms with Gasteiger partial charge >= 0.3 is 0 Å². The lowest BCUT2D eigenvalue weighted by molar-refractivity contribution is 0.0681. The Morgan fingerprint density at radius 2 is 2.07 bits per heavy atom. The van der Waals surface area contributed by atoms with Crippen LogP contribution in [0.5, 0.6) is 0 Å². The van der Waals surface area contributed by atoms with Crippen LogP contribution in [0.15, 0.2) is 71.8 Å². The van der Waals surface area contributed by atoms with E-state index in [1.54, 1.807) is 35.9 Å². The molecule has 28 heavy (non-hydrogen) atoms. The molecular weight excluding hydrogens is 376 g/mol. The molecule has 2 aromatic heterocycles. The highest BCUT2D eigenvalue weighted by Gasteiger charge is 2.35. The molecule has 1 aromatic carbocycles. The highest BCUT2D eigenvalue weighted by atomic mass is 32.2. The zero-order valence-electron chi connectivity index (χ0n) is 15.2. The molecule has 1 aliphatic rings. The first kappa shape index (κ1) is 18.4. The molecule has 0 saturated carbocycles. The van der Waals surface area contributed by atoms with Crippen molar-refractivity contribution >= 4 is 15.7 Å². The van der Waals surface area contributed by atoms with Crippen LogP contribution < -0.4 is 0 Å². The fourth-order valence-corrected chi connectivity index (χ4v) is 5.23. The second-order valence-corrected chi connectivity index (χ2v) is 9.17. The maximum Gasteiger partial charge on any atom is 0.254 e. The summed E-state index contributed by atoms with van der Waals surface area (Å²) in [6.07, 6.45) is 7.04. The molecule has 1 aliphatic heterocycles. The molecule has 3 heterocycles. The number of amides is 1. The van der Waals surface area contributed by atoms with Gasteiger partial charge in [-0.2, -0.15) is 0 Å². The molecule has 0 radical (unpaired) electrons. The Labute approximate surface area is 163 Å². The molecule has 3 aromatic rings. The Balaban J connectivity index is 1.66. The number of pyridine rings is 1. The number of hydrogen-bond acceptors (Lipinski definition) is 5. The number of benzene rings is 1. The molecule has 0 bridgehead atoms. The normalized spacial score (nSPS) is 18.1. The molecule has 0 aliphatic carbocycles. The van der Waals surface area contributed by atoms with Crippen LogP contribution in [0, 0.1) is 0 Å². The maximum absolute atomic E-state index is 13.4. The minimum Gasteiger partial charge on any atom is -0.472 e. The second kappa shape index (κ2) is 7.59. The van der Waals surface area contributed by atoms with E-state index in [0.29, 0.717) is 18.5 Å². The van der Waals surface area contributed by atoms with Crippen LogP contribution >= 0.6 is 0 Å². The molecule has 144 valence electrons. The Hall–Kier alpha value is -2.93. The fourth-order valence-electron chi connectivity index (χ4n) is 3.50. The monoisotopic (exact) mass is 396 g/mol. The number of furan rings is 1. The molecule has 7 heteroatoms. The third kappa shape index (κ3) is 3.99. The SMILES string of the molecule is O=C(c1cccc(-c2ccoc2)c1)N(Cc1cccnc1)C1CCS(=O)(=O)C1. The van der Waals surface area contributed by atoms with Gasteiger partial charge in [-0.3, -0.25) is 9.78 Å². The molecule has 1 amide bonds. The Bertz CT molecular complexity index is 1060. The van der Waals surface area contributed by atoms with Crippen molar-refractivity contribution in [1.29, 1.82) is 0 Å². The van der Waals surface area contributed by atoms with E-state index in [-0.39, 0.29) is 23.5 Å². The van der Waals surface area contributed by atoms with Gasteiger partial charge in [-0.15, -0.1) is 0 Å². The Morgan fingerprint density at radius 3 is 2.75 bits per heavy atom. The maximum atomic E-state index is 13.4. The van der Waals surface area contributed by atoms with E-state index in [1.807, 2.05) is 36.4 Å². The van der Waals surface area contributed by atoms with Gasteiger partial charge in [-0.05, 0) is 41.8 Å². The molecule has 0 spiro atoms. The van der Waals surface area contributed by atoms with Gasteiger partial charge in [0.25, 0.3) is 5.91 Å². The van der Waals surface area contributed by atoms with Crippen molar-refractivity contribution in [2.45, 2.75) is 19.0 Å². The lowest BCUT2D eigenvalue weighted by Gasteiger charge is -2.28. The quantitative estimate of drug-likeness (QED) is 0.662. The first-order valence-electron chi connectivity index (χ1n) is 9.05. The smallest absolute Gasteiger partial charge is 0.254 e. The van der Waals surface area contributed by atoms with Crippen molar-refractivity contribution in [2.75, 3.05) is 11.5 Å². The number of sulfone groups is 1. The summed E-state index contributed by atoms with van der Waals surface area (Å²) in [4.78, 5) is 19.1. The number of rotatable bonds is 5. The molecule has 0 N–H and O–H groups in total. The molecule has 1 saturated heterocycles. The van der Waals surface area contributed by atoms with Crippen LogP contribution in [-0.2, 0) is 16.4 Å². The van der Waals surface area contributed by atoms with E-state index in [0.717, 1.165) is 16.7 Å². The summed E-state index contributed by atoms with van der Waals surface area (Å²) in [5.74, 6) is -0.0689. The van der Waals surface area contributed by atoms with Gasteiger partial charge < -0.3 is 9.32 Å². The minimum atomic E-state index is -3.11. The van der Waals surface area contributed by atoms with Crippen LogP contribution in [0.3, 0.4) is 0 Å². The van der Waals surface area contributed by atoms with Crippen LogP contribution in [0.2, 0.25) is 0 Å². The third-order valence-corrected chi connectivity index (χ3v) is 6.70. The topological polar surface area (TPSA) is 80.5 Å². The highest BCUT2D eigenvalue weighted by Crippen LogP contribution is 2.25. The lowest BCUT2D eigenvalue weighted by Crippen LogP contribution is -2.40. The van der Waals surface area contributed by atoms with Gasteiger partial charge in [-0.1, -0.05) is 18.2 Å². The van der Waals surface area contributed by atoms with Crippen LogP contribution in [0.4, 0.5) is 0 Å². The zero-order valence-corrected chi connectivity index (χ0v) is 16.0. The van der Waals surface area contributed by atoms with E-state index in [2.05, 4.69) is 4.98 Å². The average Bonchev–Trinajstić information content (AvgIpc) is 3.36. The van der Waals surface area contributed by atoms with Crippen LogP contribution in [0.25, 0.3) is 11.1 Å². The highest BCUT2D eigenvalue weighted by molar-refractivity contribution is 7.91. The van der Waals surface area contributed by atoms with Gasteiger partial charge in [-0.25, -0.2) is 8.42 Å². The van der Waals surface area contributed by atoms with Crippen LogP contribution in [-0.4, -0.2) is 41.8 Å². The predicted molar refractivity (Wildman–Crippen MR) is 105 cm³/mol. The number of aromatic nitrogens is 1. The molecule has 1 atom stereocenters. The number of hydrogen-bond donors (Lipinski definition) is 0.